The van der Waals surface area contributed by atoms with Crippen LogP contribution >= 0.6 is 0 Å². The third-order valence-electron chi connectivity index (χ3n) is 7.75. The van der Waals surface area contributed by atoms with Crippen LogP contribution in [0.3, 0.4) is 0 Å². The molecule has 0 aromatic rings. The van der Waals surface area contributed by atoms with E-state index in [2.05, 4.69) is 40.9 Å². The zero-order chi connectivity index (χ0) is 20.9. The van der Waals surface area contributed by atoms with Crippen LogP contribution in [0.5, 0.6) is 0 Å². The highest BCUT2D eigenvalue weighted by Crippen LogP contribution is 2.43. The van der Waals surface area contributed by atoms with Gasteiger partial charge in [0.2, 0.25) is 0 Å². The first-order chi connectivity index (χ1) is 14.6. The molecule has 0 aromatic heterocycles. The van der Waals surface area contributed by atoms with E-state index in [-0.39, 0.29) is 0 Å². The van der Waals surface area contributed by atoms with Gasteiger partial charge in [-0.2, -0.15) is 0 Å². The van der Waals surface area contributed by atoms with Crippen molar-refractivity contribution in [2.45, 2.75) is 82.3 Å². The van der Waals surface area contributed by atoms with E-state index in [1.807, 2.05) is 0 Å². The Morgan fingerprint density at radius 3 is 3.00 bits per heavy atom. The van der Waals surface area contributed by atoms with E-state index < -0.39 is 0 Å². The van der Waals surface area contributed by atoms with E-state index in [9.17, 15) is 0 Å². The highest BCUT2D eigenvalue weighted by Gasteiger charge is 2.43. The molecule has 4 aliphatic rings. The molecule has 1 aliphatic carbocycles. The van der Waals surface area contributed by atoms with Crippen molar-refractivity contribution in [2.24, 2.45) is 11.8 Å². The number of methoxy groups -OCH3 is 1. The summed E-state index contributed by atoms with van der Waals surface area (Å²) in [5.74, 6) is 1.33. The molecule has 3 N–H and O–H groups in total. The number of nitrogens with one attached hydrogen (secondary N) is 3. The van der Waals surface area contributed by atoms with E-state index in [0.29, 0.717) is 36.3 Å². The van der Waals surface area contributed by atoms with E-state index in [1.54, 1.807) is 12.7 Å². The topological polar surface area (TPSA) is 57.8 Å². The summed E-state index contributed by atoms with van der Waals surface area (Å²) < 4.78 is 11.5. The van der Waals surface area contributed by atoms with Crippen LogP contribution in [0, 0.1) is 11.8 Å². The van der Waals surface area contributed by atoms with Crippen LogP contribution in [0.1, 0.15) is 51.9 Å². The Balaban J connectivity index is 1.37. The van der Waals surface area contributed by atoms with E-state index >= 15 is 0 Å². The highest BCUT2D eigenvalue weighted by molar-refractivity contribution is 5.15. The van der Waals surface area contributed by atoms with Crippen LogP contribution in [0.2, 0.25) is 0 Å². The first-order valence-corrected chi connectivity index (χ1v) is 12.4. The lowest BCUT2D eigenvalue weighted by Crippen LogP contribution is -2.59. The molecule has 0 bridgehead atoms. The van der Waals surface area contributed by atoms with Gasteiger partial charge < -0.3 is 19.7 Å². The molecule has 172 valence electrons. The van der Waals surface area contributed by atoms with E-state index in [1.165, 1.54) is 45.1 Å². The molecule has 6 heteroatoms. The van der Waals surface area contributed by atoms with Crippen LogP contribution < -0.4 is 16.0 Å². The fourth-order valence-electron chi connectivity index (χ4n) is 6.33. The molecular weight excluding hydrogens is 376 g/mol. The van der Waals surface area contributed by atoms with Crippen molar-refractivity contribution in [1.29, 1.82) is 0 Å². The third kappa shape index (κ3) is 5.84. The molecule has 1 saturated carbocycles. The third-order valence-corrected chi connectivity index (χ3v) is 7.75. The maximum atomic E-state index is 6.30. The molecule has 3 fully saturated rings. The minimum absolute atomic E-state index is 0.396. The van der Waals surface area contributed by atoms with Gasteiger partial charge in [-0.15, -0.1) is 0 Å². The van der Waals surface area contributed by atoms with Gasteiger partial charge in [0.05, 0.1) is 18.9 Å². The SMILES string of the molecule is COCCNC1CC(C)NC(NC2CC3CCOC3C(C3=CCN(C)CCC3)C2)C1. The van der Waals surface area contributed by atoms with Crippen LogP contribution in [-0.4, -0.2) is 82.3 Å². The molecule has 7 unspecified atom stereocenters. The molecule has 7 atom stereocenters. The Hall–Kier alpha value is -0.500. The molecule has 3 heterocycles. The monoisotopic (exact) mass is 420 g/mol. The standard InChI is InChI=1S/C24H44N4O2/c1-17-13-20(25-8-12-29-3)16-23(26-17)27-21-14-19-7-11-30-24(19)22(15-21)18-5-4-9-28(2)10-6-18/h6,17,19-27H,4-5,7-16H2,1-3H3. The molecule has 0 amide bonds. The van der Waals surface area contributed by atoms with Gasteiger partial charge in [0.25, 0.3) is 0 Å². The first kappa shape index (κ1) is 22.7. The molecule has 4 rings (SSSR count). The summed E-state index contributed by atoms with van der Waals surface area (Å²) in [6.45, 7) is 7.30. The lowest BCUT2D eigenvalue weighted by molar-refractivity contribution is 0.0188. The summed E-state index contributed by atoms with van der Waals surface area (Å²) in [5, 5.41) is 11.5. The summed E-state index contributed by atoms with van der Waals surface area (Å²) >= 11 is 0. The number of hydrogen-bond acceptors (Lipinski definition) is 6. The van der Waals surface area contributed by atoms with Crippen molar-refractivity contribution < 1.29 is 9.47 Å². The molecular formula is C24H44N4O2. The molecule has 0 spiro atoms. The number of rotatable bonds is 7. The van der Waals surface area contributed by atoms with Crippen molar-refractivity contribution in [3.8, 4) is 0 Å². The van der Waals surface area contributed by atoms with Crippen LogP contribution in [-0.2, 0) is 9.47 Å². The molecule has 6 nitrogen and oxygen atoms in total. The van der Waals surface area contributed by atoms with Crippen molar-refractivity contribution in [1.82, 2.24) is 20.9 Å². The van der Waals surface area contributed by atoms with Crippen molar-refractivity contribution in [3.05, 3.63) is 11.6 Å². The largest absolute Gasteiger partial charge is 0.383 e. The Kier molecular flexibility index (Phi) is 8.23. The Bertz CT molecular complexity index is 571. The Morgan fingerprint density at radius 2 is 2.13 bits per heavy atom. The average molecular weight is 421 g/mol. The predicted octanol–water partition coefficient (Wildman–Crippen LogP) is 2.11. The molecule has 0 aromatic carbocycles. The quantitative estimate of drug-likeness (QED) is 0.433. The Labute approximate surface area is 183 Å². The maximum absolute atomic E-state index is 6.30. The second kappa shape index (κ2) is 10.9. The normalized spacial score (nSPS) is 40.6. The van der Waals surface area contributed by atoms with Gasteiger partial charge >= 0.3 is 0 Å². The molecule has 2 saturated heterocycles. The second-order valence-corrected chi connectivity index (χ2v) is 10.2. The fourth-order valence-corrected chi connectivity index (χ4v) is 6.33. The zero-order valence-corrected chi connectivity index (χ0v) is 19.4. The number of nitrogens with zero attached hydrogens (tertiary/aromatic N) is 1. The minimum Gasteiger partial charge on any atom is -0.383 e. The van der Waals surface area contributed by atoms with Crippen molar-refractivity contribution >= 4 is 0 Å². The summed E-state index contributed by atoms with van der Waals surface area (Å²) in [4.78, 5) is 2.45. The smallest absolute Gasteiger partial charge is 0.0670 e. The van der Waals surface area contributed by atoms with Crippen molar-refractivity contribution in [2.75, 3.05) is 47.0 Å². The number of hydrogen-bond donors (Lipinski definition) is 3. The average Bonchev–Trinajstić information content (AvgIpc) is 3.08. The van der Waals surface area contributed by atoms with Gasteiger partial charge in [0.1, 0.15) is 0 Å². The van der Waals surface area contributed by atoms with Gasteiger partial charge in [-0.3, -0.25) is 10.6 Å². The first-order valence-electron chi connectivity index (χ1n) is 12.4. The van der Waals surface area contributed by atoms with Crippen LogP contribution in [0.15, 0.2) is 11.6 Å². The summed E-state index contributed by atoms with van der Waals surface area (Å²) in [7, 11) is 4.02. The maximum Gasteiger partial charge on any atom is 0.0670 e. The predicted molar refractivity (Wildman–Crippen MR) is 122 cm³/mol. The van der Waals surface area contributed by atoms with Gasteiger partial charge in [-0.25, -0.2) is 0 Å². The van der Waals surface area contributed by atoms with Crippen LogP contribution in [0.25, 0.3) is 0 Å². The van der Waals surface area contributed by atoms with Crippen molar-refractivity contribution in [3.63, 3.8) is 0 Å². The fraction of sp³-hybridized carbons (Fsp3) is 0.917. The molecule has 30 heavy (non-hydrogen) atoms. The van der Waals surface area contributed by atoms with Gasteiger partial charge in [0.15, 0.2) is 0 Å². The summed E-state index contributed by atoms with van der Waals surface area (Å²) in [6, 6.07) is 1.69. The summed E-state index contributed by atoms with van der Waals surface area (Å²) in [6.07, 6.45) is 12.0. The number of likely N-dealkylation sites (N-methyl/N-ethyl adjacent to an activating group) is 1. The van der Waals surface area contributed by atoms with E-state index in [0.717, 1.165) is 38.6 Å². The molecule has 0 radical (unpaired) electrons. The number of ether oxygens (including phenoxy) is 2. The molecule has 3 aliphatic heterocycles. The summed E-state index contributed by atoms with van der Waals surface area (Å²) in [5.41, 5.74) is 1.67. The van der Waals surface area contributed by atoms with Gasteiger partial charge in [-0.05, 0) is 71.4 Å². The number of fused-ring (bicyclic) bond motifs is 1. The second-order valence-electron chi connectivity index (χ2n) is 10.2. The van der Waals surface area contributed by atoms with Crippen LogP contribution in [0.4, 0.5) is 0 Å². The van der Waals surface area contributed by atoms with Gasteiger partial charge in [0, 0.05) is 50.8 Å². The number of piperidine rings is 1. The zero-order valence-electron chi connectivity index (χ0n) is 19.4. The van der Waals surface area contributed by atoms with E-state index in [4.69, 9.17) is 9.47 Å². The highest BCUT2D eigenvalue weighted by atomic mass is 16.5. The minimum atomic E-state index is 0.396. The lowest BCUT2D eigenvalue weighted by atomic mass is 9.72. The lowest BCUT2D eigenvalue weighted by Gasteiger charge is -2.43. The Morgan fingerprint density at radius 1 is 1.23 bits per heavy atom. The van der Waals surface area contributed by atoms with Gasteiger partial charge in [-0.1, -0.05) is 11.6 Å².